The van der Waals surface area contributed by atoms with Gasteiger partial charge in [0.05, 0.1) is 6.04 Å². The number of carbonyl (C=O) groups excluding carboxylic acids is 1. The van der Waals surface area contributed by atoms with Crippen molar-refractivity contribution in [1.29, 1.82) is 0 Å². The van der Waals surface area contributed by atoms with Gasteiger partial charge in [0.15, 0.2) is 5.78 Å². The van der Waals surface area contributed by atoms with Crippen molar-refractivity contribution in [3.05, 3.63) is 48.0 Å². The van der Waals surface area contributed by atoms with Crippen LogP contribution in [0.5, 0.6) is 0 Å². The molecule has 1 aromatic rings. The van der Waals surface area contributed by atoms with Crippen molar-refractivity contribution < 1.29 is 4.79 Å². The van der Waals surface area contributed by atoms with Crippen molar-refractivity contribution >= 4 is 5.78 Å². The highest BCUT2D eigenvalue weighted by Crippen LogP contribution is 2.24. The zero-order valence-electron chi connectivity index (χ0n) is 8.70. The van der Waals surface area contributed by atoms with Gasteiger partial charge in [0.1, 0.15) is 0 Å². The second-order valence-corrected chi connectivity index (χ2v) is 3.80. The van der Waals surface area contributed by atoms with Gasteiger partial charge in [-0.3, -0.25) is 4.79 Å². The van der Waals surface area contributed by atoms with Crippen LogP contribution in [0.4, 0.5) is 0 Å². The Morgan fingerprint density at radius 2 is 2.33 bits per heavy atom. The summed E-state index contributed by atoms with van der Waals surface area (Å²) < 4.78 is 0. The quantitative estimate of drug-likeness (QED) is 0.758. The third-order valence-corrected chi connectivity index (χ3v) is 2.78. The SMILES string of the molecule is C=CCC(=O)C1NCCc2ccccc21. The van der Waals surface area contributed by atoms with Gasteiger partial charge in [0, 0.05) is 13.0 Å². The minimum Gasteiger partial charge on any atom is -0.303 e. The fraction of sp³-hybridized carbons (Fsp3) is 0.308. The fourth-order valence-electron chi connectivity index (χ4n) is 2.05. The molecule has 0 aliphatic carbocycles. The number of benzene rings is 1. The smallest absolute Gasteiger partial charge is 0.158 e. The third-order valence-electron chi connectivity index (χ3n) is 2.78. The minimum atomic E-state index is -0.132. The monoisotopic (exact) mass is 201 g/mol. The zero-order valence-corrected chi connectivity index (χ0v) is 8.70. The Labute approximate surface area is 90.0 Å². The molecule has 1 heterocycles. The van der Waals surface area contributed by atoms with Crippen LogP contribution in [0.25, 0.3) is 0 Å². The summed E-state index contributed by atoms with van der Waals surface area (Å²) in [5.41, 5.74) is 2.43. The number of allylic oxidation sites excluding steroid dienone is 1. The molecule has 1 N–H and O–H groups in total. The molecule has 2 rings (SSSR count). The van der Waals surface area contributed by atoms with Gasteiger partial charge in [-0.15, -0.1) is 6.58 Å². The number of hydrogen-bond donors (Lipinski definition) is 1. The molecule has 0 spiro atoms. The fourth-order valence-corrected chi connectivity index (χ4v) is 2.05. The zero-order chi connectivity index (χ0) is 10.7. The Hall–Kier alpha value is -1.41. The van der Waals surface area contributed by atoms with Crippen molar-refractivity contribution in [2.75, 3.05) is 6.54 Å². The van der Waals surface area contributed by atoms with Crippen LogP contribution in [0, 0.1) is 0 Å². The normalized spacial score (nSPS) is 19.3. The van der Waals surface area contributed by atoms with E-state index in [1.54, 1.807) is 6.08 Å². The van der Waals surface area contributed by atoms with Crippen LogP contribution in [0.2, 0.25) is 0 Å². The Bertz CT molecular complexity index is 384. The van der Waals surface area contributed by atoms with E-state index in [1.807, 2.05) is 18.2 Å². The van der Waals surface area contributed by atoms with Gasteiger partial charge in [-0.1, -0.05) is 30.3 Å². The molecule has 78 valence electrons. The van der Waals surface area contributed by atoms with E-state index in [1.165, 1.54) is 5.56 Å². The van der Waals surface area contributed by atoms with Crippen LogP contribution in [-0.4, -0.2) is 12.3 Å². The average molecular weight is 201 g/mol. The van der Waals surface area contributed by atoms with Crippen molar-refractivity contribution in [3.63, 3.8) is 0 Å². The molecule has 2 nitrogen and oxygen atoms in total. The van der Waals surface area contributed by atoms with Gasteiger partial charge in [-0.2, -0.15) is 0 Å². The van der Waals surface area contributed by atoms with E-state index in [9.17, 15) is 4.79 Å². The number of fused-ring (bicyclic) bond motifs is 1. The lowest BCUT2D eigenvalue weighted by molar-refractivity contribution is -0.120. The number of rotatable bonds is 3. The lowest BCUT2D eigenvalue weighted by Crippen LogP contribution is -2.34. The molecule has 0 amide bonds. The summed E-state index contributed by atoms with van der Waals surface area (Å²) in [6, 6.07) is 8.02. The summed E-state index contributed by atoms with van der Waals surface area (Å²) in [6.45, 7) is 4.48. The number of hydrogen-bond acceptors (Lipinski definition) is 2. The second-order valence-electron chi connectivity index (χ2n) is 3.80. The molecule has 0 saturated carbocycles. The lowest BCUT2D eigenvalue weighted by Gasteiger charge is -2.25. The largest absolute Gasteiger partial charge is 0.303 e. The van der Waals surface area contributed by atoms with Crippen molar-refractivity contribution in [2.45, 2.75) is 18.9 Å². The highest BCUT2D eigenvalue weighted by atomic mass is 16.1. The van der Waals surface area contributed by atoms with E-state index in [0.717, 1.165) is 18.5 Å². The predicted molar refractivity (Wildman–Crippen MR) is 60.7 cm³/mol. The van der Waals surface area contributed by atoms with Gasteiger partial charge >= 0.3 is 0 Å². The molecule has 0 radical (unpaired) electrons. The van der Waals surface area contributed by atoms with Crippen LogP contribution < -0.4 is 5.32 Å². The van der Waals surface area contributed by atoms with Crippen LogP contribution >= 0.6 is 0 Å². The summed E-state index contributed by atoms with van der Waals surface area (Å²) in [6.07, 6.45) is 3.11. The summed E-state index contributed by atoms with van der Waals surface area (Å²) in [5.74, 6) is 0.206. The summed E-state index contributed by atoms with van der Waals surface area (Å²) >= 11 is 0. The van der Waals surface area contributed by atoms with Gasteiger partial charge in [-0.05, 0) is 17.5 Å². The molecular weight excluding hydrogens is 186 g/mol. The first kappa shape index (κ1) is 10.1. The number of ketones is 1. The van der Waals surface area contributed by atoms with E-state index in [4.69, 9.17) is 0 Å². The summed E-state index contributed by atoms with van der Waals surface area (Å²) in [5, 5.41) is 3.26. The summed E-state index contributed by atoms with van der Waals surface area (Å²) in [4.78, 5) is 11.8. The highest BCUT2D eigenvalue weighted by Gasteiger charge is 2.24. The van der Waals surface area contributed by atoms with Crippen molar-refractivity contribution in [1.82, 2.24) is 5.32 Å². The standard InChI is InChI=1S/C13H15NO/c1-2-5-12(15)13-11-7-4-3-6-10(11)8-9-14-13/h2-4,6-7,13-14H,1,5,8-9H2. The van der Waals surface area contributed by atoms with Crippen LogP contribution in [-0.2, 0) is 11.2 Å². The molecule has 15 heavy (non-hydrogen) atoms. The number of Topliss-reactive ketones (excluding diaryl/α,β-unsaturated/α-hetero) is 1. The molecule has 1 aliphatic rings. The molecule has 2 heteroatoms. The molecule has 1 aromatic carbocycles. The van der Waals surface area contributed by atoms with Crippen LogP contribution in [0.3, 0.4) is 0 Å². The molecular formula is C13H15NO. The van der Waals surface area contributed by atoms with Crippen molar-refractivity contribution in [3.8, 4) is 0 Å². The van der Waals surface area contributed by atoms with E-state index < -0.39 is 0 Å². The molecule has 1 aliphatic heterocycles. The lowest BCUT2D eigenvalue weighted by atomic mass is 9.91. The van der Waals surface area contributed by atoms with E-state index >= 15 is 0 Å². The number of nitrogens with one attached hydrogen (secondary N) is 1. The maximum absolute atomic E-state index is 11.8. The molecule has 0 aromatic heterocycles. The first-order valence-corrected chi connectivity index (χ1v) is 5.27. The minimum absolute atomic E-state index is 0.132. The molecule has 0 bridgehead atoms. The average Bonchev–Trinajstić information content (AvgIpc) is 2.28. The molecule has 1 atom stereocenters. The van der Waals surface area contributed by atoms with Gasteiger partial charge in [-0.25, -0.2) is 0 Å². The topological polar surface area (TPSA) is 29.1 Å². The number of carbonyl (C=O) groups is 1. The Morgan fingerprint density at radius 3 is 3.13 bits per heavy atom. The third kappa shape index (κ3) is 2.00. The van der Waals surface area contributed by atoms with E-state index in [-0.39, 0.29) is 11.8 Å². The van der Waals surface area contributed by atoms with Crippen molar-refractivity contribution in [2.24, 2.45) is 0 Å². The maximum Gasteiger partial charge on any atom is 0.158 e. The second kappa shape index (κ2) is 4.41. The van der Waals surface area contributed by atoms with E-state index in [2.05, 4.69) is 18.0 Å². The van der Waals surface area contributed by atoms with Gasteiger partial charge in [0.2, 0.25) is 0 Å². The van der Waals surface area contributed by atoms with Crippen LogP contribution in [0.1, 0.15) is 23.6 Å². The van der Waals surface area contributed by atoms with E-state index in [0.29, 0.717) is 6.42 Å². The summed E-state index contributed by atoms with van der Waals surface area (Å²) in [7, 11) is 0. The van der Waals surface area contributed by atoms with Gasteiger partial charge < -0.3 is 5.32 Å². The van der Waals surface area contributed by atoms with Gasteiger partial charge in [0.25, 0.3) is 0 Å². The van der Waals surface area contributed by atoms with Crippen LogP contribution in [0.15, 0.2) is 36.9 Å². The Morgan fingerprint density at radius 1 is 1.53 bits per heavy atom. The Kier molecular flexibility index (Phi) is 2.97. The Balaban J connectivity index is 2.29. The molecule has 0 saturated heterocycles. The first-order valence-electron chi connectivity index (χ1n) is 5.27. The predicted octanol–water partition coefficient (Wildman–Crippen LogP) is 2.02. The first-order chi connectivity index (χ1) is 7.33. The highest BCUT2D eigenvalue weighted by molar-refractivity contribution is 5.87. The molecule has 0 fully saturated rings. The molecule has 1 unspecified atom stereocenters. The maximum atomic E-state index is 11.8.